The van der Waals surface area contributed by atoms with Gasteiger partial charge < -0.3 is 10.6 Å². The fraction of sp³-hybridized carbons (Fsp3) is 0.714. The molecule has 2 amide bonds. The van der Waals surface area contributed by atoms with Gasteiger partial charge in [-0.15, -0.1) is 0 Å². The first-order chi connectivity index (χ1) is 12.6. The number of carbonyl (C=O) groups is 2. The number of amides is 2. The molecule has 6 nitrogen and oxygen atoms in total. The highest BCUT2D eigenvalue weighted by Crippen LogP contribution is 2.61. The van der Waals surface area contributed by atoms with Crippen LogP contribution >= 0.6 is 0 Å². The number of hydrogen-bond acceptors (Lipinski definition) is 4. The van der Waals surface area contributed by atoms with Gasteiger partial charge >= 0.3 is 0 Å². The van der Waals surface area contributed by atoms with E-state index in [1.54, 1.807) is 19.3 Å². The van der Waals surface area contributed by atoms with E-state index in [9.17, 15) is 9.59 Å². The normalized spacial score (nSPS) is 34.4. The molecule has 4 bridgehead atoms. The molecule has 6 heteroatoms. The van der Waals surface area contributed by atoms with Crippen molar-refractivity contribution < 1.29 is 9.59 Å². The second kappa shape index (κ2) is 6.01. The van der Waals surface area contributed by atoms with Gasteiger partial charge in [-0.05, 0) is 50.4 Å². The van der Waals surface area contributed by atoms with E-state index in [0.717, 1.165) is 37.9 Å². The predicted molar refractivity (Wildman–Crippen MR) is 103 cm³/mol. The van der Waals surface area contributed by atoms with Gasteiger partial charge in [-0.25, -0.2) is 9.97 Å². The predicted octanol–water partition coefficient (Wildman–Crippen LogP) is 3.19. The van der Waals surface area contributed by atoms with Crippen LogP contribution in [0.1, 0.15) is 72.0 Å². The van der Waals surface area contributed by atoms with E-state index in [-0.39, 0.29) is 28.2 Å². The van der Waals surface area contributed by atoms with Crippen LogP contribution in [0.25, 0.3) is 0 Å². The Hall–Kier alpha value is -1.98. The summed E-state index contributed by atoms with van der Waals surface area (Å²) in [4.78, 5) is 33.9. The smallest absolute Gasteiger partial charge is 0.230 e. The van der Waals surface area contributed by atoms with Gasteiger partial charge in [0.05, 0.1) is 23.5 Å². The summed E-state index contributed by atoms with van der Waals surface area (Å²) in [5.41, 5.74) is -0.0419. The molecular weight excluding hydrogens is 340 g/mol. The van der Waals surface area contributed by atoms with Crippen LogP contribution in [0.5, 0.6) is 0 Å². The number of hydrogen-bond donors (Lipinski definition) is 2. The maximum Gasteiger partial charge on any atom is 0.230 e. The van der Waals surface area contributed by atoms with E-state index >= 15 is 0 Å². The van der Waals surface area contributed by atoms with Gasteiger partial charge in [0.1, 0.15) is 5.82 Å². The molecule has 4 saturated carbocycles. The monoisotopic (exact) mass is 370 g/mol. The Morgan fingerprint density at radius 1 is 1.07 bits per heavy atom. The summed E-state index contributed by atoms with van der Waals surface area (Å²) in [5.74, 6) is 1.91. The number of carbonyl (C=O) groups excluding carboxylic acids is 2. The molecule has 4 aliphatic carbocycles. The third-order valence-corrected chi connectivity index (χ3v) is 6.56. The topological polar surface area (TPSA) is 84.0 Å². The molecule has 0 radical (unpaired) electrons. The van der Waals surface area contributed by atoms with Crippen molar-refractivity contribution >= 4 is 17.5 Å². The molecule has 4 fully saturated rings. The summed E-state index contributed by atoms with van der Waals surface area (Å²) >= 11 is 0. The summed E-state index contributed by atoms with van der Waals surface area (Å²) in [5, 5.41) is 6.28. The summed E-state index contributed by atoms with van der Waals surface area (Å²) in [6, 6.07) is 0. The molecule has 2 N–H and O–H groups in total. The van der Waals surface area contributed by atoms with Gasteiger partial charge in [-0.3, -0.25) is 9.59 Å². The Morgan fingerprint density at radius 2 is 1.67 bits per heavy atom. The van der Waals surface area contributed by atoms with Gasteiger partial charge in [0.25, 0.3) is 0 Å². The molecule has 1 aromatic rings. The average Bonchev–Trinajstić information content (AvgIpc) is 2.52. The molecule has 27 heavy (non-hydrogen) atoms. The third kappa shape index (κ3) is 3.34. The van der Waals surface area contributed by atoms with E-state index < -0.39 is 0 Å². The van der Waals surface area contributed by atoms with Gasteiger partial charge in [-0.1, -0.05) is 20.8 Å². The van der Waals surface area contributed by atoms with Crippen LogP contribution in [0, 0.1) is 17.3 Å². The second-order valence-corrected chi connectivity index (χ2v) is 10.2. The van der Waals surface area contributed by atoms with Gasteiger partial charge in [-0.2, -0.15) is 0 Å². The van der Waals surface area contributed by atoms with E-state index in [2.05, 4.69) is 41.4 Å². The molecule has 0 spiro atoms. The summed E-state index contributed by atoms with van der Waals surface area (Å²) in [7, 11) is 0. The lowest BCUT2D eigenvalue weighted by Crippen LogP contribution is -2.65. The highest BCUT2D eigenvalue weighted by Gasteiger charge is 2.60. The fourth-order valence-electron chi connectivity index (χ4n) is 6.09. The average molecular weight is 370 g/mol. The summed E-state index contributed by atoms with van der Waals surface area (Å²) < 4.78 is 0. The van der Waals surface area contributed by atoms with Crippen molar-refractivity contribution in [2.45, 2.75) is 77.2 Å². The van der Waals surface area contributed by atoms with Crippen LogP contribution in [0.2, 0.25) is 0 Å². The summed E-state index contributed by atoms with van der Waals surface area (Å²) in [6.07, 6.45) is 9.24. The molecule has 146 valence electrons. The maximum atomic E-state index is 13.3. The molecular formula is C21H30N4O2. The van der Waals surface area contributed by atoms with Crippen molar-refractivity contribution in [3.63, 3.8) is 0 Å². The van der Waals surface area contributed by atoms with E-state index in [1.165, 1.54) is 6.42 Å². The standard InChI is InChI=1S/C21H30N4O2/c1-13(26)25-21-8-14-5-15(9-21)7-20(6-14,12-21)18(27)24-16-10-22-17(23-11-16)19(2,3)4/h10-11,14-15H,5-9,12H2,1-4H3,(H,24,27)(H,25,26)/t14-,15+,20?,21?. The molecule has 2 unspecified atom stereocenters. The summed E-state index contributed by atoms with van der Waals surface area (Å²) in [6.45, 7) is 7.78. The first-order valence-corrected chi connectivity index (χ1v) is 10.0. The zero-order chi connectivity index (χ0) is 19.4. The lowest BCUT2D eigenvalue weighted by atomic mass is 9.46. The molecule has 1 heterocycles. The SMILES string of the molecule is CC(=O)NC12C[C@H]3C[C@@H](C1)CC(C(=O)Nc1cnc(C(C)(C)C)nc1)(C3)C2. The van der Waals surface area contributed by atoms with Crippen molar-refractivity contribution in [1.82, 2.24) is 15.3 Å². The van der Waals surface area contributed by atoms with E-state index in [4.69, 9.17) is 0 Å². The minimum atomic E-state index is -0.380. The minimum absolute atomic E-state index is 0.0127. The van der Waals surface area contributed by atoms with Crippen LogP contribution in [-0.2, 0) is 15.0 Å². The first-order valence-electron chi connectivity index (χ1n) is 10.0. The number of rotatable bonds is 3. The van der Waals surface area contributed by atoms with Crippen LogP contribution in [0.4, 0.5) is 5.69 Å². The molecule has 0 saturated heterocycles. The quantitative estimate of drug-likeness (QED) is 0.856. The Morgan fingerprint density at radius 3 is 2.19 bits per heavy atom. The zero-order valence-corrected chi connectivity index (χ0v) is 16.8. The van der Waals surface area contributed by atoms with Crippen molar-refractivity contribution in [3.05, 3.63) is 18.2 Å². The molecule has 5 rings (SSSR count). The van der Waals surface area contributed by atoms with Crippen molar-refractivity contribution in [2.24, 2.45) is 17.3 Å². The van der Waals surface area contributed by atoms with Crippen LogP contribution in [0.3, 0.4) is 0 Å². The van der Waals surface area contributed by atoms with E-state index in [0.29, 0.717) is 17.5 Å². The largest absolute Gasteiger partial charge is 0.351 e. The molecule has 0 aromatic carbocycles. The van der Waals surface area contributed by atoms with Gasteiger partial charge in [0.2, 0.25) is 11.8 Å². The number of nitrogens with zero attached hydrogens (tertiary/aromatic N) is 2. The second-order valence-electron chi connectivity index (χ2n) is 10.2. The van der Waals surface area contributed by atoms with Crippen LogP contribution in [-0.4, -0.2) is 27.3 Å². The molecule has 0 aliphatic heterocycles. The highest BCUT2D eigenvalue weighted by atomic mass is 16.2. The Labute approximate surface area is 160 Å². The first kappa shape index (κ1) is 18.4. The number of nitrogens with one attached hydrogen (secondary N) is 2. The lowest BCUT2D eigenvalue weighted by Gasteiger charge is -2.61. The Bertz CT molecular complexity index is 751. The number of aromatic nitrogens is 2. The minimum Gasteiger partial charge on any atom is -0.351 e. The van der Waals surface area contributed by atoms with Crippen molar-refractivity contribution in [2.75, 3.05) is 5.32 Å². The third-order valence-electron chi connectivity index (χ3n) is 6.56. The van der Waals surface area contributed by atoms with Gasteiger partial charge in [0, 0.05) is 17.9 Å². The maximum absolute atomic E-state index is 13.3. The lowest BCUT2D eigenvalue weighted by molar-refractivity contribution is -0.148. The molecule has 4 atom stereocenters. The fourth-order valence-corrected chi connectivity index (χ4v) is 6.09. The Kier molecular flexibility index (Phi) is 4.09. The van der Waals surface area contributed by atoms with Crippen LogP contribution < -0.4 is 10.6 Å². The molecule has 4 aliphatic rings. The number of anilines is 1. The van der Waals surface area contributed by atoms with Gasteiger partial charge in [0.15, 0.2) is 0 Å². The highest BCUT2D eigenvalue weighted by molar-refractivity contribution is 5.95. The molecule has 1 aromatic heterocycles. The van der Waals surface area contributed by atoms with Crippen LogP contribution in [0.15, 0.2) is 12.4 Å². The zero-order valence-electron chi connectivity index (χ0n) is 16.8. The van der Waals surface area contributed by atoms with Crippen molar-refractivity contribution in [3.8, 4) is 0 Å². The van der Waals surface area contributed by atoms with Crippen molar-refractivity contribution in [1.29, 1.82) is 0 Å². The Balaban J connectivity index is 1.54. The van der Waals surface area contributed by atoms with E-state index in [1.807, 2.05) is 0 Å².